The lowest BCUT2D eigenvalue weighted by Crippen LogP contribution is -2.09. The summed E-state index contributed by atoms with van der Waals surface area (Å²) in [5.74, 6) is -0.604. The van der Waals surface area contributed by atoms with Gasteiger partial charge in [0.25, 0.3) is 0 Å². The van der Waals surface area contributed by atoms with Crippen molar-refractivity contribution in [3.63, 3.8) is 0 Å². The lowest BCUT2D eigenvalue weighted by Gasteiger charge is -2.07. The molecule has 0 radical (unpaired) electrons. The SMILES string of the molecule is Fc1cc2[nH]c(=S)n(CCCC(F)(F)F)c2cc1Cl. The van der Waals surface area contributed by atoms with Crippen molar-refractivity contribution in [2.45, 2.75) is 25.6 Å². The summed E-state index contributed by atoms with van der Waals surface area (Å²) in [7, 11) is 0. The number of H-pyrrole nitrogens is 1. The number of aromatic amines is 1. The number of nitrogens with one attached hydrogen (secondary N) is 1. The Kier molecular flexibility index (Phi) is 3.87. The molecule has 0 fully saturated rings. The van der Waals surface area contributed by atoms with Crippen LogP contribution in [-0.4, -0.2) is 15.7 Å². The van der Waals surface area contributed by atoms with Crippen LogP contribution < -0.4 is 0 Å². The Hall–Kier alpha value is -1.08. The van der Waals surface area contributed by atoms with E-state index < -0.39 is 18.4 Å². The van der Waals surface area contributed by atoms with Gasteiger partial charge in [-0.2, -0.15) is 13.2 Å². The number of hydrogen-bond acceptors (Lipinski definition) is 1. The van der Waals surface area contributed by atoms with E-state index in [9.17, 15) is 17.6 Å². The van der Waals surface area contributed by atoms with Crippen molar-refractivity contribution in [1.82, 2.24) is 9.55 Å². The summed E-state index contributed by atoms with van der Waals surface area (Å²) < 4.78 is 51.3. The largest absolute Gasteiger partial charge is 0.389 e. The van der Waals surface area contributed by atoms with Crippen LogP contribution >= 0.6 is 23.8 Å². The minimum atomic E-state index is -4.20. The quantitative estimate of drug-likeness (QED) is 0.635. The fraction of sp³-hybridized carbons (Fsp3) is 0.364. The van der Waals surface area contributed by atoms with E-state index in [-0.39, 0.29) is 22.8 Å². The Morgan fingerprint density at radius 1 is 1.32 bits per heavy atom. The van der Waals surface area contributed by atoms with Gasteiger partial charge >= 0.3 is 6.18 Å². The minimum Gasteiger partial charge on any atom is -0.330 e. The fourth-order valence-electron chi connectivity index (χ4n) is 1.81. The smallest absolute Gasteiger partial charge is 0.330 e. The molecule has 0 bridgehead atoms. The Morgan fingerprint density at radius 2 is 2.00 bits per heavy atom. The zero-order valence-corrected chi connectivity index (χ0v) is 11.1. The highest BCUT2D eigenvalue weighted by Crippen LogP contribution is 2.25. The average Bonchev–Trinajstić information content (AvgIpc) is 2.55. The molecule has 19 heavy (non-hydrogen) atoms. The molecule has 1 heterocycles. The molecular formula is C11H9ClF4N2S. The summed E-state index contributed by atoms with van der Waals surface area (Å²) in [6.45, 7) is 0.0975. The molecule has 0 aliphatic heterocycles. The number of rotatable bonds is 3. The van der Waals surface area contributed by atoms with Crippen molar-refractivity contribution < 1.29 is 17.6 Å². The second kappa shape index (κ2) is 5.13. The van der Waals surface area contributed by atoms with Crippen LogP contribution in [0.15, 0.2) is 12.1 Å². The van der Waals surface area contributed by atoms with Crippen LogP contribution in [0.5, 0.6) is 0 Å². The minimum absolute atomic E-state index is 0.0916. The van der Waals surface area contributed by atoms with E-state index in [4.69, 9.17) is 23.8 Å². The van der Waals surface area contributed by atoms with E-state index in [1.807, 2.05) is 0 Å². The molecule has 0 aliphatic carbocycles. The molecule has 0 saturated carbocycles. The normalized spacial score (nSPS) is 12.3. The maximum atomic E-state index is 13.3. The first-order valence-corrected chi connectivity index (χ1v) is 6.21. The van der Waals surface area contributed by atoms with Crippen molar-refractivity contribution in [3.05, 3.63) is 27.7 Å². The molecule has 0 aliphatic rings. The molecule has 0 amide bonds. The van der Waals surface area contributed by atoms with Gasteiger partial charge in [0.2, 0.25) is 0 Å². The molecule has 1 aromatic carbocycles. The number of halogens is 5. The Labute approximate surface area is 116 Å². The standard InChI is InChI=1S/C11H9ClF4N2S/c12-6-4-9-8(5-7(6)13)17-10(19)18(9)3-1-2-11(14,15)16/h4-5H,1-3H2,(H,17,19). The number of aromatic nitrogens is 2. The van der Waals surface area contributed by atoms with Gasteiger partial charge in [0, 0.05) is 19.0 Å². The maximum absolute atomic E-state index is 13.3. The summed E-state index contributed by atoms with van der Waals surface area (Å²) in [6.07, 6.45) is -5.19. The number of alkyl halides is 3. The summed E-state index contributed by atoms with van der Waals surface area (Å²) >= 11 is 10.7. The molecule has 0 atom stereocenters. The van der Waals surface area contributed by atoms with Gasteiger partial charge in [-0.05, 0) is 24.7 Å². The van der Waals surface area contributed by atoms with E-state index in [0.29, 0.717) is 11.0 Å². The van der Waals surface area contributed by atoms with Crippen LogP contribution in [0.1, 0.15) is 12.8 Å². The van der Waals surface area contributed by atoms with Gasteiger partial charge in [0.15, 0.2) is 4.77 Å². The van der Waals surface area contributed by atoms with Gasteiger partial charge in [-0.25, -0.2) is 4.39 Å². The summed E-state index contributed by atoms with van der Waals surface area (Å²) in [6, 6.07) is 2.53. The second-order valence-corrected chi connectivity index (χ2v) is 4.88. The monoisotopic (exact) mass is 312 g/mol. The molecule has 2 rings (SSSR count). The molecule has 2 aromatic rings. The molecule has 0 spiro atoms. The molecule has 0 unspecified atom stereocenters. The predicted molar refractivity (Wildman–Crippen MR) is 67.4 cm³/mol. The van der Waals surface area contributed by atoms with E-state index in [1.165, 1.54) is 16.7 Å². The Morgan fingerprint density at radius 3 is 2.63 bits per heavy atom. The van der Waals surface area contributed by atoms with Gasteiger partial charge in [0.05, 0.1) is 16.1 Å². The molecular weight excluding hydrogens is 304 g/mol. The van der Waals surface area contributed by atoms with E-state index in [1.54, 1.807) is 0 Å². The van der Waals surface area contributed by atoms with Crippen molar-refractivity contribution in [3.8, 4) is 0 Å². The number of benzene rings is 1. The second-order valence-electron chi connectivity index (χ2n) is 4.08. The molecule has 104 valence electrons. The number of aryl methyl sites for hydroxylation is 1. The highest BCUT2D eigenvalue weighted by Gasteiger charge is 2.26. The van der Waals surface area contributed by atoms with Crippen molar-refractivity contribution in [2.75, 3.05) is 0 Å². The highest BCUT2D eigenvalue weighted by atomic mass is 35.5. The summed E-state index contributed by atoms with van der Waals surface area (Å²) in [5.41, 5.74) is 0.914. The predicted octanol–water partition coefficient (Wildman–Crippen LogP) is 4.83. The first kappa shape index (κ1) is 14.3. The van der Waals surface area contributed by atoms with E-state index in [2.05, 4.69) is 4.98 Å². The maximum Gasteiger partial charge on any atom is 0.389 e. The third-order valence-corrected chi connectivity index (χ3v) is 3.27. The van der Waals surface area contributed by atoms with Crippen LogP contribution in [0.2, 0.25) is 5.02 Å². The van der Waals surface area contributed by atoms with Gasteiger partial charge < -0.3 is 9.55 Å². The van der Waals surface area contributed by atoms with Crippen molar-refractivity contribution in [2.24, 2.45) is 0 Å². The van der Waals surface area contributed by atoms with Gasteiger partial charge in [-0.15, -0.1) is 0 Å². The lowest BCUT2D eigenvalue weighted by atomic mass is 10.2. The van der Waals surface area contributed by atoms with Crippen LogP contribution in [0, 0.1) is 10.6 Å². The Balaban J connectivity index is 2.30. The number of imidazole rings is 1. The fourth-order valence-corrected chi connectivity index (χ4v) is 2.27. The van der Waals surface area contributed by atoms with Gasteiger partial charge in [-0.1, -0.05) is 11.6 Å². The average molecular weight is 313 g/mol. The van der Waals surface area contributed by atoms with E-state index >= 15 is 0 Å². The van der Waals surface area contributed by atoms with Crippen LogP contribution in [0.3, 0.4) is 0 Å². The van der Waals surface area contributed by atoms with Gasteiger partial charge in [0.1, 0.15) is 5.82 Å². The summed E-state index contributed by atoms with van der Waals surface area (Å²) in [4.78, 5) is 2.74. The molecule has 1 aromatic heterocycles. The van der Waals surface area contributed by atoms with Crippen LogP contribution in [0.4, 0.5) is 17.6 Å². The third kappa shape index (κ3) is 3.27. The number of fused-ring (bicyclic) bond motifs is 1. The number of hydrogen-bond donors (Lipinski definition) is 1. The molecule has 1 N–H and O–H groups in total. The lowest BCUT2D eigenvalue weighted by molar-refractivity contribution is -0.135. The zero-order chi connectivity index (χ0) is 14.2. The van der Waals surface area contributed by atoms with E-state index in [0.717, 1.165) is 0 Å². The van der Waals surface area contributed by atoms with Gasteiger partial charge in [-0.3, -0.25) is 0 Å². The molecule has 0 saturated heterocycles. The topological polar surface area (TPSA) is 20.7 Å². The highest BCUT2D eigenvalue weighted by molar-refractivity contribution is 7.71. The third-order valence-electron chi connectivity index (χ3n) is 2.66. The number of nitrogens with zero attached hydrogens (tertiary/aromatic N) is 1. The zero-order valence-electron chi connectivity index (χ0n) is 9.52. The first-order valence-electron chi connectivity index (χ1n) is 5.42. The first-order chi connectivity index (χ1) is 8.78. The van der Waals surface area contributed by atoms with Crippen molar-refractivity contribution in [1.29, 1.82) is 0 Å². The van der Waals surface area contributed by atoms with Crippen LogP contribution in [-0.2, 0) is 6.54 Å². The van der Waals surface area contributed by atoms with Crippen LogP contribution in [0.25, 0.3) is 11.0 Å². The Bertz CT molecular complexity index is 659. The van der Waals surface area contributed by atoms with Crippen molar-refractivity contribution >= 4 is 34.9 Å². The summed E-state index contributed by atoms with van der Waals surface area (Å²) in [5, 5.41) is -0.0916. The molecule has 8 heteroatoms. The molecule has 2 nitrogen and oxygen atoms in total.